The first-order valence-corrected chi connectivity index (χ1v) is 6.10. The Bertz CT molecular complexity index is 470. The summed E-state index contributed by atoms with van der Waals surface area (Å²) in [4.78, 5) is 11.7. The van der Waals surface area contributed by atoms with Crippen LogP contribution in [0.5, 0.6) is 0 Å². The van der Waals surface area contributed by atoms with Crippen molar-refractivity contribution in [2.45, 2.75) is 18.3 Å². The number of sulfonamides is 1. The van der Waals surface area contributed by atoms with Gasteiger partial charge in [0.2, 0.25) is 10.0 Å². The van der Waals surface area contributed by atoms with Gasteiger partial charge < -0.3 is 0 Å². The van der Waals surface area contributed by atoms with E-state index in [9.17, 15) is 17.6 Å². The fourth-order valence-electron chi connectivity index (χ4n) is 1.36. The van der Waals surface area contributed by atoms with E-state index in [4.69, 9.17) is 5.14 Å². The lowest BCUT2D eigenvalue weighted by Gasteiger charge is -2.13. The highest BCUT2D eigenvalue weighted by Gasteiger charge is 2.36. The van der Waals surface area contributed by atoms with Gasteiger partial charge in [-0.25, -0.2) is 12.8 Å². The first-order chi connectivity index (χ1) is 7.34. The predicted molar refractivity (Wildman–Crippen MR) is 57.1 cm³/mol. The monoisotopic (exact) mass is 244 g/mol. The van der Waals surface area contributed by atoms with Gasteiger partial charge in [0.25, 0.3) is 0 Å². The number of carbonyl (C=O) groups excluding carboxylic acids is 1. The van der Waals surface area contributed by atoms with Gasteiger partial charge in [-0.15, -0.1) is 5.14 Å². The van der Waals surface area contributed by atoms with Crippen LogP contribution in [0.25, 0.3) is 0 Å². The minimum absolute atomic E-state index is 0.0906. The topological polar surface area (TPSA) is 75.0 Å². The molecule has 2 unspecified atom stereocenters. The number of halogens is 1. The van der Waals surface area contributed by atoms with Crippen LogP contribution in [0.15, 0.2) is 30.3 Å². The SMILES string of the molecule is CC(F)C(C(=O)c1ccccc1)S([NH])(=O)=O. The third kappa shape index (κ3) is 2.86. The molecule has 0 saturated carbocycles. The number of nitrogens with one attached hydrogen (secondary N) is 1. The summed E-state index contributed by atoms with van der Waals surface area (Å²) in [6, 6.07) is 7.53. The fourth-order valence-corrected chi connectivity index (χ4v) is 2.27. The Morgan fingerprint density at radius 3 is 2.19 bits per heavy atom. The summed E-state index contributed by atoms with van der Waals surface area (Å²) in [7, 11) is -4.49. The third-order valence-electron chi connectivity index (χ3n) is 2.07. The highest BCUT2D eigenvalue weighted by Crippen LogP contribution is 2.14. The van der Waals surface area contributed by atoms with E-state index in [1.807, 2.05) is 0 Å². The summed E-state index contributed by atoms with van der Waals surface area (Å²) in [6.45, 7) is 0.956. The second kappa shape index (κ2) is 4.71. The van der Waals surface area contributed by atoms with E-state index in [1.54, 1.807) is 18.2 Å². The minimum Gasteiger partial charge on any atom is -0.293 e. The Labute approximate surface area is 93.3 Å². The number of rotatable bonds is 4. The molecule has 0 aromatic heterocycles. The number of alkyl halides is 1. The van der Waals surface area contributed by atoms with Crippen molar-refractivity contribution in [1.29, 1.82) is 0 Å². The number of benzene rings is 1. The lowest BCUT2D eigenvalue weighted by Crippen LogP contribution is -2.37. The summed E-state index contributed by atoms with van der Waals surface area (Å²) in [5, 5.41) is 4.86. The van der Waals surface area contributed by atoms with Crippen molar-refractivity contribution < 1.29 is 17.6 Å². The maximum absolute atomic E-state index is 13.1. The maximum Gasteiger partial charge on any atom is 0.238 e. The molecule has 0 aliphatic carbocycles. The molecule has 1 aromatic carbocycles. The molecule has 0 amide bonds. The highest BCUT2D eigenvalue weighted by molar-refractivity contribution is 7.90. The molecule has 2 atom stereocenters. The predicted octanol–water partition coefficient (Wildman–Crippen LogP) is 1.21. The normalized spacial score (nSPS) is 15.4. The molecule has 0 aliphatic heterocycles. The van der Waals surface area contributed by atoms with Crippen molar-refractivity contribution in [2.24, 2.45) is 0 Å². The van der Waals surface area contributed by atoms with Crippen LogP contribution in [0, 0.1) is 0 Å². The smallest absolute Gasteiger partial charge is 0.238 e. The number of Topliss-reactive ketones (excluding diaryl/α,β-unsaturated/α-hetero) is 1. The molecule has 1 rings (SSSR count). The molecule has 0 bridgehead atoms. The highest BCUT2D eigenvalue weighted by atomic mass is 32.2. The second-order valence-corrected chi connectivity index (χ2v) is 4.97. The van der Waals surface area contributed by atoms with E-state index in [0.29, 0.717) is 0 Å². The van der Waals surface area contributed by atoms with Gasteiger partial charge in [0.05, 0.1) is 0 Å². The van der Waals surface area contributed by atoms with Crippen LogP contribution >= 0.6 is 0 Å². The number of hydrogen-bond acceptors (Lipinski definition) is 3. The van der Waals surface area contributed by atoms with Crippen molar-refractivity contribution in [1.82, 2.24) is 5.14 Å². The molecule has 0 spiro atoms. The van der Waals surface area contributed by atoms with E-state index in [-0.39, 0.29) is 5.56 Å². The number of ketones is 1. The second-order valence-electron chi connectivity index (χ2n) is 3.37. The van der Waals surface area contributed by atoms with Gasteiger partial charge in [0.1, 0.15) is 6.17 Å². The van der Waals surface area contributed by atoms with Crippen molar-refractivity contribution in [3.63, 3.8) is 0 Å². The molecular formula is C10H11FNO3S. The Balaban J connectivity index is 3.13. The average Bonchev–Trinajstić information content (AvgIpc) is 2.16. The summed E-state index contributed by atoms with van der Waals surface area (Å²) >= 11 is 0. The van der Waals surface area contributed by atoms with Crippen LogP contribution in [0.2, 0.25) is 0 Å². The summed E-state index contributed by atoms with van der Waals surface area (Å²) < 4.78 is 35.1. The van der Waals surface area contributed by atoms with Crippen LogP contribution in [-0.4, -0.2) is 25.6 Å². The standard InChI is InChI=1S/C10H11FNO3S/c1-7(11)10(16(12,14)15)9(13)8-5-3-2-4-6-8/h2-7,10,12H,1H3. The Morgan fingerprint density at radius 1 is 1.31 bits per heavy atom. The molecule has 4 nitrogen and oxygen atoms in total. The molecule has 87 valence electrons. The first kappa shape index (κ1) is 12.8. The van der Waals surface area contributed by atoms with E-state index in [1.165, 1.54) is 12.1 Å². The van der Waals surface area contributed by atoms with Gasteiger partial charge in [-0.05, 0) is 6.92 Å². The van der Waals surface area contributed by atoms with E-state index in [0.717, 1.165) is 6.92 Å². The van der Waals surface area contributed by atoms with E-state index < -0.39 is 27.2 Å². The summed E-state index contributed by atoms with van der Waals surface area (Å²) in [5.41, 5.74) is 0.0906. The minimum atomic E-state index is -4.49. The molecule has 0 aliphatic rings. The Kier molecular flexibility index (Phi) is 3.77. The van der Waals surface area contributed by atoms with Gasteiger partial charge >= 0.3 is 0 Å². The summed E-state index contributed by atoms with van der Waals surface area (Å²) in [5.74, 6) is -0.884. The molecule has 0 saturated heterocycles. The van der Waals surface area contributed by atoms with Crippen molar-refractivity contribution >= 4 is 15.8 Å². The van der Waals surface area contributed by atoms with Gasteiger partial charge in [-0.3, -0.25) is 4.79 Å². The molecular weight excluding hydrogens is 233 g/mol. The molecule has 1 radical (unpaired) electrons. The van der Waals surface area contributed by atoms with Crippen LogP contribution in [0.3, 0.4) is 0 Å². The van der Waals surface area contributed by atoms with Crippen LogP contribution in [0.1, 0.15) is 17.3 Å². The van der Waals surface area contributed by atoms with Crippen LogP contribution in [-0.2, 0) is 10.0 Å². The lowest BCUT2D eigenvalue weighted by atomic mass is 10.1. The first-order valence-electron chi connectivity index (χ1n) is 4.56. The van der Waals surface area contributed by atoms with Crippen molar-refractivity contribution in [3.05, 3.63) is 35.9 Å². The number of hydrogen-bond donors (Lipinski definition) is 0. The third-order valence-corrected chi connectivity index (χ3v) is 3.33. The molecule has 0 heterocycles. The molecule has 1 aromatic rings. The zero-order valence-corrected chi connectivity index (χ0v) is 9.37. The Hall–Kier alpha value is -1.27. The van der Waals surface area contributed by atoms with Gasteiger partial charge in [0, 0.05) is 5.56 Å². The maximum atomic E-state index is 13.1. The van der Waals surface area contributed by atoms with Gasteiger partial charge in [0.15, 0.2) is 11.0 Å². The average molecular weight is 244 g/mol. The van der Waals surface area contributed by atoms with E-state index >= 15 is 0 Å². The summed E-state index contributed by atoms with van der Waals surface area (Å²) in [6.07, 6.45) is -1.91. The van der Waals surface area contributed by atoms with Gasteiger partial charge in [-0.2, -0.15) is 0 Å². The van der Waals surface area contributed by atoms with E-state index in [2.05, 4.69) is 0 Å². The zero-order valence-electron chi connectivity index (χ0n) is 8.55. The van der Waals surface area contributed by atoms with Crippen molar-refractivity contribution in [2.75, 3.05) is 0 Å². The van der Waals surface area contributed by atoms with Gasteiger partial charge in [-0.1, -0.05) is 30.3 Å². The largest absolute Gasteiger partial charge is 0.293 e. The van der Waals surface area contributed by atoms with Crippen LogP contribution < -0.4 is 5.14 Å². The lowest BCUT2D eigenvalue weighted by molar-refractivity contribution is 0.0958. The molecule has 6 heteroatoms. The number of carbonyl (C=O) groups is 1. The zero-order chi connectivity index (χ0) is 12.3. The van der Waals surface area contributed by atoms with Crippen molar-refractivity contribution in [3.8, 4) is 0 Å². The molecule has 16 heavy (non-hydrogen) atoms. The molecule has 0 fully saturated rings. The van der Waals surface area contributed by atoms with Crippen LogP contribution in [0.4, 0.5) is 4.39 Å². The molecule has 1 N–H and O–H groups in total. The Morgan fingerprint density at radius 2 is 1.81 bits per heavy atom. The quantitative estimate of drug-likeness (QED) is 0.747. The fraction of sp³-hybridized carbons (Fsp3) is 0.300.